The summed E-state index contributed by atoms with van der Waals surface area (Å²) in [6, 6.07) is 5.63. The quantitative estimate of drug-likeness (QED) is 0.793. The van der Waals surface area contributed by atoms with E-state index in [4.69, 9.17) is 9.47 Å². The smallest absolute Gasteiger partial charge is 0.128 e. The van der Waals surface area contributed by atoms with Gasteiger partial charge < -0.3 is 14.6 Å². The summed E-state index contributed by atoms with van der Waals surface area (Å²) in [5.74, 6) is 1.54. The van der Waals surface area contributed by atoms with Crippen molar-refractivity contribution in [3.05, 3.63) is 23.8 Å². The summed E-state index contributed by atoms with van der Waals surface area (Å²) in [5, 5.41) is 9.37. The molecule has 1 N–H and O–H groups in total. The maximum atomic E-state index is 9.37. The van der Waals surface area contributed by atoms with Crippen LogP contribution >= 0.6 is 0 Å². The molecule has 1 aromatic carbocycles. The lowest BCUT2D eigenvalue weighted by Crippen LogP contribution is -2.25. The van der Waals surface area contributed by atoms with Crippen molar-refractivity contribution in [2.45, 2.75) is 32.8 Å². The molecule has 0 atom stereocenters. The van der Waals surface area contributed by atoms with E-state index in [1.807, 2.05) is 18.2 Å². The molecule has 1 aromatic rings. The molecule has 4 heteroatoms. The first-order chi connectivity index (χ1) is 9.83. The molecule has 1 aliphatic rings. The van der Waals surface area contributed by atoms with E-state index in [1.54, 1.807) is 0 Å². The molecule has 1 fully saturated rings. The van der Waals surface area contributed by atoms with E-state index >= 15 is 0 Å². The van der Waals surface area contributed by atoms with E-state index in [1.165, 1.54) is 25.9 Å². The lowest BCUT2D eigenvalue weighted by molar-refractivity contribution is 0.226. The number of aliphatic hydroxyl groups is 1. The van der Waals surface area contributed by atoms with Crippen molar-refractivity contribution >= 4 is 0 Å². The van der Waals surface area contributed by atoms with Gasteiger partial charge in [0.1, 0.15) is 18.1 Å². The van der Waals surface area contributed by atoms with Crippen molar-refractivity contribution < 1.29 is 14.6 Å². The van der Waals surface area contributed by atoms with E-state index in [9.17, 15) is 5.11 Å². The van der Waals surface area contributed by atoms with Crippen LogP contribution in [0.25, 0.3) is 0 Å². The van der Waals surface area contributed by atoms with Gasteiger partial charge in [-0.1, -0.05) is 6.92 Å². The topological polar surface area (TPSA) is 41.9 Å². The highest BCUT2D eigenvalue weighted by Crippen LogP contribution is 2.25. The maximum absolute atomic E-state index is 9.37. The van der Waals surface area contributed by atoms with Gasteiger partial charge in [-0.2, -0.15) is 0 Å². The highest BCUT2D eigenvalue weighted by Gasteiger charge is 2.12. The minimum Gasteiger partial charge on any atom is -0.493 e. The van der Waals surface area contributed by atoms with Crippen LogP contribution in [0.4, 0.5) is 0 Å². The predicted octanol–water partition coefficient (Wildman–Crippen LogP) is 2.44. The third-order valence-corrected chi connectivity index (χ3v) is 3.55. The molecule has 0 aromatic heterocycles. The molecule has 1 heterocycles. The van der Waals surface area contributed by atoms with Gasteiger partial charge in [-0.15, -0.1) is 0 Å². The molecule has 4 nitrogen and oxygen atoms in total. The number of likely N-dealkylation sites (tertiary alicyclic amines) is 1. The van der Waals surface area contributed by atoms with Crippen molar-refractivity contribution in [2.75, 3.05) is 32.8 Å². The molecule has 0 saturated carbocycles. The van der Waals surface area contributed by atoms with Gasteiger partial charge in [-0.25, -0.2) is 0 Å². The van der Waals surface area contributed by atoms with Crippen LogP contribution in [0, 0.1) is 0 Å². The Balaban J connectivity index is 1.89. The van der Waals surface area contributed by atoms with Crippen molar-refractivity contribution in [2.24, 2.45) is 0 Å². The van der Waals surface area contributed by atoms with Gasteiger partial charge in [-0.3, -0.25) is 4.90 Å². The molecule has 2 rings (SSSR count). The molecule has 20 heavy (non-hydrogen) atoms. The van der Waals surface area contributed by atoms with Crippen molar-refractivity contribution in [1.82, 2.24) is 4.90 Å². The van der Waals surface area contributed by atoms with Crippen LogP contribution < -0.4 is 9.47 Å². The minimum atomic E-state index is -0.00684. The van der Waals surface area contributed by atoms with Gasteiger partial charge in [0, 0.05) is 18.2 Å². The molecule has 0 bridgehead atoms. The zero-order valence-electron chi connectivity index (χ0n) is 12.3. The molecule has 0 unspecified atom stereocenters. The number of benzene rings is 1. The van der Waals surface area contributed by atoms with Crippen LogP contribution in [0.15, 0.2) is 18.2 Å². The molecule has 0 radical (unpaired) electrons. The van der Waals surface area contributed by atoms with Crippen LogP contribution in [-0.2, 0) is 6.61 Å². The molecule has 0 amide bonds. The Hall–Kier alpha value is -1.26. The Bertz CT molecular complexity index is 403. The van der Waals surface area contributed by atoms with Gasteiger partial charge >= 0.3 is 0 Å². The zero-order valence-corrected chi connectivity index (χ0v) is 12.3. The van der Waals surface area contributed by atoms with E-state index < -0.39 is 0 Å². The third-order valence-electron chi connectivity index (χ3n) is 3.55. The maximum Gasteiger partial charge on any atom is 0.128 e. The first-order valence-corrected chi connectivity index (χ1v) is 7.55. The summed E-state index contributed by atoms with van der Waals surface area (Å²) in [5.41, 5.74) is 0.815. The summed E-state index contributed by atoms with van der Waals surface area (Å²) in [4.78, 5) is 2.41. The van der Waals surface area contributed by atoms with E-state index in [0.717, 1.165) is 30.0 Å². The highest BCUT2D eigenvalue weighted by atomic mass is 16.5. The first kappa shape index (κ1) is 15.1. The molecular formula is C16H25NO3. The summed E-state index contributed by atoms with van der Waals surface area (Å²) in [6.45, 7) is 6.73. The average Bonchev–Trinajstić information content (AvgIpc) is 2.98. The Labute approximate surface area is 121 Å². The summed E-state index contributed by atoms with van der Waals surface area (Å²) >= 11 is 0. The van der Waals surface area contributed by atoms with Gasteiger partial charge in [0.25, 0.3) is 0 Å². The van der Waals surface area contributed by atoms with Crippen LogP contribution in [0.2, 0.25) is 0 Å². The van der Waals surface area contributed by atoms with Crippen molar-refractivity contribution in [1.29, 1.82) is 0 Å². The van der Waals surface area contributed by atoms with Crippen LogP contribution in [0.1, 0.15) is 31.7 Å². The van der Waals surface area contributed by atoms with Crippen LogP contribution in [0.5, 0.6) is 11.5 Å². The Morgan fingerprint density at radius 1 is 1.15 bits per heavy atom. The average molecular weight is 279 g/mol. The highest BCUT2D eigenvalue weighted by molar-refractivity contribution is 5.40. The van der Waals surface area contributed by atoms with Crippen molar-refractivity contribution in [3.63, 3.8) is 0 Å². The monoisotopic (exact) mass is 279 g/mol. The van der Waals surface area contributed by atoms with Crippen LogP contribution in [0.3, 0.4) is 0 Å². The summed E-state index contributed by atoms with van der Waals surface area (Å²) in [7, 11) is 0. The van der Waals surface area contributed by atoms with Crippen LogP contribution in [-0.4, -0.2) is 42.9 Å². The standard InChI is InChI=1S/C16H25NO3/c1-2-10-19-15-6-5-14(13-18)16(12-15)20-11-9-17-7-3-4-8-17/h5-6,12,18H,2-4,7-11,13H2,1H3. The Morgan fingerprint density at radius 2 is 1.95 bits per heavy atom. The fourth-order valence-electron chi connectivity index (χ4n) is 2.40. The molecule has 112 valence electrons. The second-order valence-electron chi connectivity index (χ2n) is 5.17. The predicted molar refractivity (Wildman–Crippen MR) is 79.3 cm³/mol. The summed E-state index contributed by atoms with van der Waals surface area (Å²) in [6.07, 6.45) is 3.57. The number of aliphatic hydroxyl groups excluding tert-OH is 1. The van der Waals surface area contributed by atoms with Gasteiger partial charge in [0.2, 0.25) is 0 Å². The molecule has 0 spiro atoms. The largest absolute Gasteiger partial charge is 0.493 e. The van der Waals surface area contributed by atoms with Gasteiger partial charge in [-0.05, 0) is 44.5 Å². The zero-order chi connectivity index (χ0) is 14.2. The van der Waals surface area contributed by atoms with E-state index in [-0.39, 0.29) is 6.61 Å². The molecule has 1 aliphatic heterocycles. The molecule has 1 saturated heterocycles. The Kier molecular flexibility index (Phi) is 6.15. The normalized spacial score (nSPS) is 15.5. The molecular weight excluding hydrogens is 254 g/mol. The Morgan fingerprint density at radius 3 is 2.65 bits per heavy atom. The fraction of sp³-hybridized carbons (Fsp3) is 0.625. The summed E-state index contributed by atoms with van der Waals surface area (Å²) < 4.78 is 11.4. The van der Waals surface area contributed by atoms with Gasteiger partial charge in [0.05, 0.1) is 13.2 Å². The second kappa shape index (κ2) is 8.12. The molecule has 0 aliphatic carbocycles. The fourth-order valence-corrected chi connectivity index (χ4v) is 2.40. The second-order valence-corrected chi connectivity index (χ2v) is 5.17. The first-order valence-electron chi connectivity index (χ1n) is 7.55. The number of ether oxygens (including phenoxy) is 2. The number of hydrogen-bond donors (Lipinski definition) is 1. The number of hydrogen-bond acceptors (Lipinski definition) is 4. The third kappa shape index (κ3) is 4.39. The lowest BCUT2D eigenvalue weighted by atomic mass is 10.2. The minimum absolute atomic E-state index is 0.00684. The van der Waals surface area contributed by atoms with Gasteiger partial charge in [0.15, 0.2) is 0 Å². The van der Waals surface area contributed by atoms with E-state index in [0.29, 0.717) is 13.2 Å². The SMILES string of the molecule is CCCOc1ccc(CO)c(OCCN2CCCC2)c1. The lowest BCUT2D eigenvalue weighted by Gasteiger charge is -2.17. The number of nitrogens with zero attached hydrogens (tertiary/aromatic N) is 1. The van der Waals surface area contributed by atoms with E-state index in [2.05, 4.69) is 11.8 Å². The number of rotatable bonds is 8. The van der Waals surface area contributed by atoms with Crippen molar-refractivity contribution in [3.8, 4) is 11.5 Å².